The van der Waals surface area contributed by atoms with E-state index in [2.05, 4.69) is 18.3 Å². The SMILES string of the molecule is CCC(CC1CC1)NC(=O)C(C#N)C(C)C. The number of hydrogen-bond acceptors (Lipinski definition) is 2. The third-order valence-electron chi connectivity index (χ3n) is 3.24. The molecule has 0 aliphatic heterocycles. The first kappa shape index (κ1) is 13.0. The van der Waals surface area contributed by atoms with Gasteiger partial charge in [0.1, 0.15) is 5.92 Å². The minimum atomic E-state index is -0.506. The minimum Gasteiger partial charge on any atom is -0.352 e. The number of carbonyl (C=O) groups is 1. The fraction of sp³-hybridized carbons (Fsp3) is 0.846. The van der Waals surface area contributed by atoms with Crippen molar-refractivity contribution in [3.05, 3.63) is 0 Å². The molecular weight excluding hydrogens is 200 g/mol. The van der Waals surface area contributed by atoms with Gasteiger partial charge in [0, 0.05) is 6.04 Å². The average Bonchev–Trinajstić information content (AvgIpc) is 3.01. The van der Waals surface area contributed by atoms with Gasteiger partial charge in [-0.25, -0.2) is 0 Å². The summed E-state index contributed by atoms with van der Waals surface area (Å²) in [6, 6.07) is 2.35. The molecule has 1 aliphatic rings. The molecule has 0 aromatic rings. The summed E-state index contributed by atoms with van der Waals surface area (Å²) >= 11 is 0. The van der Waals surface area contributed by atoms with Crippen molar-refractivity contribution in [1.29, 1.82) is 5.26 Å². The van der Waals surface area contributed by atoms with Gasteiger partial charge in [-0.15, -0.1) is 0 Å². The van der Waals surface area contributed by atoms with Crippen LogP contribution in [0.15, 0.2) is 0 Å². The fourth-order valence-electron chi connectivity index (χ4n) is 1.88. The van der Waals surface area contributed by atoms with Gasteiger partial charge >= 0.3 is 0 Å². The molecule has 0 radical (unpaired) electrons. The third-order valence-corrected chi connectivity index (χ3v) is 3.24. The van der Waals surface area contributed by atoms with Crippen LogP contribution in [0, 0.1) is 29.1 Å². The van der Waals surface area contributed by atoms with Crippen LogP contribution in [0.25, 0.3) is 0 Å². The monoisotopic (exact) mass is 222 g/mol. The molecule has 90 valence electrons. The largest absolute Gasteiger partial charge is 0.352 e. The Balaban J connectivity index is 2.43. The van der Waals surface area contributed by atoms with E-state index in [1.165, 1.54) is 12.8 Å². The Bertz CT molecular complexity index is 276. The van der Waals surface area contributed by atoms with Crippen LogP contribution in [0.3, 0.4) is 0 Å². The van der Waals surface area contributed by atoms with Crippen molar-refractivity contribution in [3.63, 3.8) is 0 Å². The fourth-order valence-corrected chi connectivity index (χ4v) is 1.88. The van der Waals surface area contributed by atoms with Gasteiger partial charge in [0.2, 0.25) is 5.91 Å². The van der Waals surface area contributed by atoms with Crippen LogP contribution in [0.4, 0.5) is 0 Å². The van der Waals surface area contributed by atoms with Crippen molar-refractivity contribution < 1.29 is 4.79 Å². The second-order valence-corrected chi connectivity index (χ2v) is 5.14. The van der Waals surface area contributed by atoms with Gasteiger partial charge in [0.15, 0.2) is 0 Å². The van der Waals surface area contributed by atoms with Gasteiger partial charge in [-0.1, -0.05) is 33.6 Å². The van der Waals surface area contributed by atoms with E-state index in [0.717, 1.165) is 18.8 Å². The van der Waals surface area contributed by atoms with Crippen LogP contribution in [-0.4, -0.2) is 11.9 Å². The number of nitrogens with one attached hydrogen (secondary N) is 1. The van der Waals surface area contributed by atoms with Crippen molar-refractivity contribution in [1.82, 2.24) is 5.32 Å². The van der Waals surface area contributed by atoms with Crippen LogP contribution in [0.2, 0.25) is 0 Å². The number of nitriles is 1. The van der Waals surface area contributed by atoms with Gasteiger partial charge < -0.3 is 5.32 Å². The molecule has 0 saturated heterocycles. The van der Waals surface area contributed by atoms with Crippen LogP contribution in [0.1, 0.15) is 46.5 Å². The first-order chi connectivity index (χ1) is 7.58. The zero-order chi connectivity index (χ0) is 12.1. The van der Waals surface area contributed by atoms with E-state index >= 15 is 0 Å². The maximum absolute atomic E-state index is 11.9. The maximum atomic E-state index is 11.9. The third kappa shape index (κ3) is 3.84. The Kier molecular flexibility index (Phi) is 4.79. The lowest BCUT2D eigenvalue weighted by Crippen LogP contribution is -2.40. The molecule has 3 nitrogen and oxygen atoms in total. The van der Waals surface area contributed by atoms with E-state index in [4.69, 9.17) is 5.26 Å². The van der Waals surface area contributed by atoms with Gasteiger partial charge in [-0.3, -0.25) is 4.79 Å². The average molecular weight is 222 g/mol. The van der Waals surface area contributed by atoms with Crippen LogP contribution < -0.4 is 5.32 Å². The van der Waals surface area contributed by atoms with E-state index in [9.17, 15) is 4.79 Å². The lowest BCUT2D eigenvalue weighted by Gasteiger charge is -2.20. The Hall–Kier alpha value is -1.04. The van der Waals surface area contributed by atoms with E-state index in [1.54, 1.807) is 0 Å². The molecule has 0 bridgehead atoms. The zero-order valence-electron chi connectivity index (χ0n) is 10.5. The first-order valence-corrected chi connectivity index (χ1v) is 6.28. The normalized spacial score (nSPS) is 18.9. The van der Waals surface area contributed by atoms with Crippen LogP contribution in [0.5, 0.6) is 0 Å². The lowest BCUT2D eigenvalue weighted by atomic mass is 9.95. The van der Waals surface area contributed by atoms with Crippen LogP contribution in [-0.2, 0) is 4.79 Å². The van der Waals surface area contributed by atoms with Crippen molar-refractivity contribution >= 4 is 5.91 Å². The molecule has 1 rings (SSSR count). The molecule has 0 aromatic heterocycles. The predicted molar refractivity (Wildman–Crippen MR) is 63.5 cm³/mol. The standard InChI is InChI=1S/C13H22N2O/c1-4-11(7-10-5-6-10)15-13(16)12(8-14)9(2)3/h9-12H,4-7H2,1-3H3,(H,15,16). The van der Waals surface area contributed by atoms with E-state index in [-0.39, 0.29) is 17.9 Å². The summed E-state index contributed by atoms with van der Waals surface area (Å²) in [5, 5.41) is 11.9. The molecule has 1 fully saturated rings. The van der Waals surface area contributed by atoms with Crippen molar-refractivity contribution in [2.24, 2.45) is 17.8 Å². The number of hydrogen-bond donors (Lipinski definition) is 1. The summed E-state index contributed by atoms with van der Waals surface area (Å²) in [5.41, 5.74) is 0. The second kappa shape index (κ2) is 5.89. The highest BCUT2D eigenvalue weighted by molar-refractivity contribution is 5.81. The highest BCUT2D eigenvalue weighted by Gasteiger charge is 2.28. The van der Waals surface area contributed by atoms with Crippen molar-refractivity contribution in [2.45, 2.75) is 52.5 Å². The Labute approximate surface area is 98.2 Å². The number of amides is 1. The Morgan fingerprint density at radius 3 is 2.50 bits per heavy atom. The molecule has 1 aliphatic carbocycles. The molecular formula is C13H22N2O. The van der Waals surface area contributed by atoms with E-state index < -0.39 is 5.92 Å². The molecule has 16 heavy (non-hydrogen) atoms. The van der Waals surface area contributed by atoms with Gasteiger partial charge in [0.05, 0.1) is 6.07 Å². The highest BCUT2D eigenvalue weighted by Crippen LogP contribution is 2.34. The molecule has 1 saturated carbocycles. The summed E-state index contributed by atoms with van der Waals surface area (Å²) in [7, 11) is 0. The highest BCUT2D eigenvalue weighted by atomic mass is 16.1. The van der Waals surface area contributed by atoms with Crippen LogP contribution >= 0.6 is 0 Å². The summed E-state index contributed by atoms with van der Waals surface area (Å²) in [4.78, 5) is 11.9. The maximum Gasteiger partial charge on any atom is 0.237 e. The molecule has 0 spiro atoms. The smallest absolute Gasteiger partial charge is 0.237 e. The predicted octanol–water partition coefficient (Wildman–Crippen LogP) is 2.48. The Morgan fingerprint density at radius 2 is 2.12 bits per heavy atom. The molecule has 1 amide bonds. The number of nitrogens with zero attached hydrogens (tertiary/aromatic N) is 1. The minimum absolute atomic E-state index is 0.0865. The quantitative estimate of drug-likeness (QED) is 0.750. The summed E-state index contributed by atoms with van der Waals surface area (Å²) in [6.07, 6.45) is 4.65. The topological polar surface area (TPSA) is 52.9 Å². The lowest BCUT2D eigenvalue weighted by molar-refractivity contribution is -0.125. The molecule has 0 heterocycles. The number of rotatable bonds is 6. The molecule has 3 heteroatoms. The van der Waals surface area contributed by atoms with Crippen molar-refractivity contribution in [2.75, 3.05) is 0 Å². The molecule has 0 aromatic carbocycles. The summed E-state index contributed by atoms with van der Waals surface area (Å²) in [5.74, 6) is 0.298. The van der Waals surface area contributed by atoms with Crippen molar-refractivity contribution in [3.8, 4) is 6.07 Å². The molecule has 2 atom stereocenters. The summed E-state index contributed by atoms with van der Waals surface area (Å²) in [6.45, 7) is 5.91. The van der Waals surface area contributed by atoms with Gasteiger partial charge in [-0.05, 0) is 24.7 Å². The molecule has 2 unspecified atom stereocenters. The van der Waals surface area contributed by atoms with Gasteiger partial charge in [0.25, 0.3) is 0 Å². The van der Waals surface area contributed by atoms with E-state index in [0.29, 0.717) is 0 Å². The van der Waals surface area contributed by atoms with Gasteiger partial charge in [-0.2, -0.15) is 5.26 Å². The van der Waals surface area contributed by atoms with E-state index in [1.807, 2.05) is 13.8 Å². The zero-order valence-corrected chi connectivity index (χ0v) is 10.5. The Morgan fingerprint density at radius 1 is 1.50 bits per heavy atom. The molecule has 1 N–H and O–H groups in total. The second-order valence-electron chi connectivity index (χ2n) is 5.14. The number of carbonyl (C=O) groups excluding carboxylic acids is 1. The first-order valence-electron chi connectivity index (χ1n) is 6.28. The summed E-state index contributed by atoms with van der Waals surface area (Å²) < 4.78 is 0.